The first-order valence-corrected chi connectivity index (χ1v) is 6.32. The zero-order valence-corrected chi connectivity index (χ0v) is 10.3. The van der Waals surface area contributed by atoms with Crippen LogP contribution in [-0.4, -0.2) is 17.7 Å². The van der Waals surface area contributed by atoms with Crippen molar-refractivity contribution >= 4 is 5.97 Å². The zero-order valence-electron chi connectivity index (χ0n) is 10.3. The van der Waals surface area contributed by atoms with Gasteiger partial charge < -0.3 is 9.84 Å². The molecule has 0 saturated heterocycles. The van der Waals surface area contributed by atoms with Crippen LogP contribution in [0.25, 0.3) is 0 Å². The predicted molar refractivity (Wildman–Crippen MR) is 69.8 cm³/mol. The average Bonchev–Trinajstić information content (AvgIpc) is 2.88. The highest BCUT2D eigenvalue weighted by Crippen LogP contribution is 2.20. The minimum absolute atomic E-state index is 0.175. The van der Waals surface area contributed by atoms with Crippen LogP contribution in [0.4, 0.5) is 0 Å². The minimum atomic E-state index is -0.760. The highest BCUT2D eigenvalue weighted by molar-refractivity contribution is 5.67. The van der Waals surface area contributed by atoms with Gasteiger partial charge in [-0.25, -0.2) is 0 Å². The van der Waals surface area contributed by atoms with Crippen LogP contribution < -0.4 is 4.74 Å². The molecule has 18 heavy (non-hydrogen) atoms. The van der Waals surface area contributed by atoms with E-state index in [1.165, 1.54) is 0 Å². The normalized spacial score (nSPS) is 14.9. The van der Waals surface area contributed by atoms with E-state index in [0.29, 0.717) is 12.3 Å². The summed E-state index contributed by atoms with van der Waals surface area (Å²) in [5, 5.41) is 8.60. The highest BCUT2D eigenvalue weighted by Gasteiger charge is 2.10. The Labute approximate surface area is 107 Å². The first-order chi connectivity index (χ1) is 8.74. The number of rotatable bonds is 6. The van der Waals surface area contributed by atoms with Gasteiger partial charge in [-0.1, -0.05) is 24.3 Å². The Morgan fingerprint density at radius 3 is 2.50 bits per heavy atom. The molecular weight excluding hydrogens is 228 g/mol. The standard InChI is InChI=1S/C15H18O3/c16-15(17)10-7-12-5-8-14(9-6-12)18-11-13-3-1-2-4-13/h1-2,5-6,8-9,13H,3-4,7,10-11H2,(H,16,17). The molecule has 0 aromatic heterocycles. The van der Waals surface area contributed by atoms with Gasteiger partial charge in [0.1, 0.15) is 5.75 Å². The van der Waals surface area contributed by atoms with Gasteiger partial charge in [0.15, 0.2) is 0 Å². The van der Waals surface area contributed by atoms with Crippen molar-refractivity contribution in [3.05, 3.63) is 42.0 Å². The van der Waals surface area contributed by atoms with Crippen LogP contribution in [0.1, 0.15) is 24.8 Å². The van der Waals surface area contributed by atoms with Gasteiger partial charge in [0.2, 0.25) is 0 Å². The first kappa shape index (κ1) is 12.7. The van der Waals surface area contributed by atoms with Gasteiger partial charge >= 0.3 is 5.97 Å². The van der Waals surface area contributed by atoms with Gasteiger partial charge in [0.25, 0.3) is 0 Å². The molecule has 1 N–H and O–H groups in total. The van der Waals surface area contributed by atoms with Crippen molar-refractivity contribution in [2.24, 2.45) is 5.92 Å². The van der Waals surface area contributed by atoms with Crippen LogP contribution >= 0.6 is 0 Å². The monoisotopic (exact) mass is 246 g/mol. The summed E-state index contributed by atoms with van der Waals surface area (Å²) in [4.78, 5) is 10.5. The fraction of sp³-hybridized carbons (Fsp3) is 0.400. The lowest BCUT2D eigenvalue weighted by molar-refractivity contribution is -0.136. The second kappa shape index (κ2) is 6.24. The summed E-state index contributed by atoms with van der Waals surface area (Å²) < 4.78 is 5.71. The Bertz CT molecular complexity index is 412. The molecule has 0 heterocycles. The third-order valence-electron chi connectivity index (χ3n) is 3.14. The Morgan fingerprint density at radius 1 is 1.22 bits per heavy atom. The summed E-state index contributed by atoms with van der Waals surface area (Å²) in [6, 6.07) is 7.70. The van der Waals surface area contributed by atoms with Crippen LogP contribution in [0.3, 0.4) is 0 Å². The van der Waals surface area contributed by atoms with Crippen molar-refractivity contribution in [1.82, 2.24) is 0 Å². The Hall–Kier alpha value is -1.77. The first-order valence-electron chi connectivity index (χ1n) is 6.32. The third kappa shape index (κ3) is 3.91. The maximum Gasteiger partial charge on any atom is 0.303 e. The van der Waals surface area contributed by atoms with Gasteiger partial charge in [-0.05, 0) is 42.9 Å². The van der Waals surface area contributed by atoms with Crippen LogP contribution in [0.5, 0.6) is 5.75 Å². The smallest absolute Gasteiger partial charge is 0.303 e. The minimum Gasteiger partial charge on any atom is -0.493 e. The predicted octanol–water partition coefficient (Wildman–Crippen LogP) is 3.05. The van der Waals surface area contributed by atoms with Crippen molar-refractivity contribution in [3.8, 4) is 5.75 Å². The Kier molecular flexibility index (Phi) is 4.40. The summed E-state index contributed by atoms with van der Waals surface area (Å²) in [6.07, 6.45) is 7.36. The van der Waals surface area contributed by atoms with Crippen LogP contribution in [0, 0.1) is 5.92 Å². The average molecular weight is 246 g/mol. The number of hydrogen-bond acceptors (Lipinski definition) is 2. The Morgan fingerprint density at radius 2 is 1.89 bits per heavy atom. The molecule has 0 bridgehead atoms. The molecule has 0 saturated carbocycles. The number of ether oxygens (including phenoxy) is 1. The maximum atomic E-state index is 10.5. The van der Waals surface area contributed by atoms with Gasteiger partial charge in [-0.3, -0.25) is 4.79 Å². The summed E-state index contributed by atoms with van der Waals surface area (Å²) in [5.41, 5.74) is 1.03. The van der Waals surface area contributed by atoms with Crippen molar-refractivity contribution in [2.75, 3.05) is 6.61 Å². The van der Waals surface area contributed by atoms with E-state index >= 15 is 0 Å². The molecule has 0 atom stereocenters. The lowest BCUT2D eigenvalue weighted by Gasteiger charge is -2.11. The molecule has 3 heteroatoms. The lowest BCUT2D eigenvalue weighted by Crippen LogP contribution is -2.08. The number of carboxylic acids is 1. The van der Waals surface area contributed by atoms with Crippen molar-refractivity contribution in [2.45, 2.75) is 25.7 Å². The van der Waals surface area contributed by atoms with Crippen LogP contribution in [-0.2, 0) is 11.2 Å². The van der Waals surface area contributed by atoms with E-state index in [0.717, 1.165) is 30.8 Å². The number of carboxylic acid groups (broad SMARTS) is 1. The maximum absolute atomic E-state index is 10.5. The summed E-state index contributed by atoms with van der Waals surface area (Å²) in [7, 11) is 0. The molecule has 2 rings (SSSR count). The fourth-order valence-electron chi connectivity index (χ4n) is 2.03. The van der Waals surface area contributed by atoms with Crippen molar-refractivity contribution in [1.29, 1.82) is 0 Å². The highest BCUT2D eigenvalue weighted by atomic mass is 16.5. The van der Waals surface area contributed by atoms with Gasteiger partial charge in [0, 0.05) is 6.42 Å². The summed E-state index contributed by atoms with van der Waals surface area (Å²) in [6.45, 7) is 0.751. The number of aliphatic carboxylic acids is 1. The molecule has 1 aliphatic carbocycles. The summed E-state index contributed by atoms with van der Waals surface area (Å²) in [5.74, 6) is 0.710. The molecule has 0 unspecified atom stereocenters. The number of hydrogen-bond donors (Lipinski definition) is 1. The number of allylic oxidation sites excluding steroid dienone is 2. The molecular formula is C15H18O3. The van der Waals surface area contributed by atoms with E-state index in [1.807, 2.05) is 24.3 Å². The zero-order chi connectivity index (χ0) is 12.8. The molecule has 1 aromatic carbocycles. The molecule has 0 radical (unpaired) electrons. The van der Waals surface area contributed by atoms with E-state index in [1.54, 1.807) is 0 Å². The molecule has 1 aliphatic rings. The number of benzene rings is 1. The van der Waals surface area contributed by atoms with E-state index in [2.05, 4.69) is 12.2 Å². The van der Waals surface area contributed by atoms with Gasteiger partial charge in [-0.2, -0.15) is 0 Å². The second-order valence-corrected chi connectivity index (χ2v) is 4.66. The van der Waals surface area contributed by atoms with E-state index in [4.69, 9.17) is 9.84 Å². The third-order valence-corrected chi connectivity index (χ3v) is 3.14. The SMILES string of the molecule is O=C(O)CCc1ccc(OCC2CC=CC2)cc1. The largest absolute Gasteiger partial charge is 0.493 e. The van der Waals surface area contributed by atoms with Crippen molar-refractivity contribution < 1.29 is 14.6 Å². The topological polar surface area (TPSA) is 46.5 Å². The number of aryl methyl sites for hydroxylation is 1. The lowest BCUT2D eigenvalue weighted by atomic mass is 10.1. The molecule has 0 fully saturated rings. The van der Waals surface area contributed by atoms with Crippen LogP contribution in [0.2, 0.25) is 0 Å². The van der Waals surface area contributed by atoms with E-state index in [-0.39, 0.29) is 6.42 Å². The quantitative estimate of drug-likeness (QED) is 0.785. The van der Waals surface area contributed by atoms with E-state index < -0.39 is 5.97 Å². The number of carbonyl (C=O) groups is 1. The summed E-state index contributed by atoms with van der Waals surface area (Å²) >= 11 is 0. The second-order valence-electron chi connectivity index (χ2n) is 4.66. The Balaban J connectivity index is 1.77. The van der Waals surface area contributed by atoms with Gasteiger partial charge in [-0.15, -0.1) is 0 Å². The fourth-order valence-corrected chi connectivity index (χ4v) is 2.03. The molecule has 0 spiro atoms. The van der Waals surface area contributed by atoms with Gasteiger partial charge in [0.05, 0.1) is 6.61 Å². The molecule has 1 aromatic rings. The molecule has 96 valence electrons. The van der Waals surface area contributed by atoms with Crippen LogP contribution in [0.15, 0.2) is 36.4 Å². The molecule has 0 amide bonds. The molecule has 3 nitrogen and oxygen atoms in total. The van der Waals surface area contributed by atoms with Crippen molar-refractivity contribution in [3.63, 3.8) is 0 Å². The molecule has 0 aliphatic heterocycles. The van der Waals surface area contributed by atoms with E-state index in [9.17, 15) is 4.79 Å².